The summed E-state index contributed by atoms with van der Waals surface area (Å²) in [5, 5.41) is 0.136. The Morgan fingerprint density at radius 1 is 1.38 bits per heavy atom. The van der Waals surface area contributed by atoms with Crippen molar-refractivity contribution < 1.29 is 8.42 Å². The minimum atomic E-state index is -3.71. The molecular formula is C13H21ClN4O2S. The highest BCUT2D eigenvalue weighted by Gasteiger charge is 2.26. The van der Waals surface area contributed by atoms with Crippen LogP contribution in [0.2, 0.25) is 5.02 Å². The van der Waals surface area contributed by atoms with Crippen molar-refractivity contribution in [3.05, 3.63) is 23.2 Å². The average molecular weight is 333 g/mol. The summed E-state index contributed by atoms with van der Waals surface area (Å²) in [6.07, 6.45) is 0. The highest BCUT2D eigenvalue weighted by atomic mass is 35.5. The van der Waals surface area contributed by atoms with Crippen LogP contribution in [0.3, 0.4) is 0 Å². The van der Waals surface area contributed by atoms with Crippen LogP contribution in [-0.4, -0.2) is 64.5 Å². The number of benzene rings is 1. The van der Waals surface area contributed by atoms with Crippen LogP contribution in [0.1, 0.15) is 0 Å². The Morgan fingerprint density at radius 3 is 2.76 bits per heavy atom. The average Bonchev–Trinajstić information content (AvgIpc) is 2.39. The number of nitrogens with zero attached hydrogens (tertiary/aromatic N) is 2. The Bertz CT molecular complexity index is 588. The van der Waals surface area contributed by atoms with Crippen LogP contribution in [-0.2, 0) is 10.0 Å². The molecule has 1 atom stereocenters. The summed E-state index contributed by atoms with van der Waals surface area (Å²) < 4.78 is 27.4. The zero-order valence-corrected chi connectivity index (χ0v) is 13.8. The number of hydrogen-bond donors (Lipinski definition) is 2. The normalized spacial score (nSPS) is 21.6. The van der Waals surface area contributed by atoms with E-state index in [9.17, 15) is 8.42 Å². The van der Waals surface area contributed by atoms with Gasteiger partial charge in [0, 0.05) is 32.2 Å². The van der Waals surface area contributed by atoms with Crippen molar-refractivity contribution in [1.82, 2.24) is 14.5 Å². The second-order valence-corrected chi connectivity index (χ2v) is 7.52. The van der Waals surface area contributed by atoms with Gasteiger partial charge in [0.1, 0.15) is 4.90 Å². The molecule has 0 saturated carbocycles. The number of nitrogen functional groups attached to an aromatic ring is 1. The summed E-state index contributed by atoms with van der Waals surface area (Å²) in [5.74, 6) is 0. The van der Waals surface area contributed by atoms with Gasteiger partial charge in [0.15, 0.2) is 0 Å². The molecule has 6 nitrogen and oxygen atoms in total. The van der Waals surface area contributed by atoms with Crippen LogP contribution in [0.4, 0.5) is 5.69 Å². The van der Waals surface area contributed by atoms with E-state index in [1.54, 1.807) is 6.07 Å². The van der Waals surface area contributed by atoms with Gasteiger partial charge < -0.3 is 10.6 Å². The third-order valence-corrected chi connectivity index (χ3v) is 5.72. The van der Waals surface area contributed by atoms with Crippen molar-refractivity contribution in [3.63, 3.8) is 0 Å². The Labute approximate surface area is 130 Å². The van der Waals surface area contributed by atoms with Gasteiger partial charge in [-0.2, -0.15) is 0 Å². The molecule has 1 unspecified atom stereocenters. The first-order valence-electron chi connectivity index (χ1n) is 6.73. The predicted molar refractivity (Wildman–Crippen MR) is 85.0 cm³/mol. The fourth-order valence-electron chi connectivity index (χ4n) is 2.41. The smallest absolute Gasteiger partial charge is 0.244 e. The van der Waals surface area contributed by atoms with E-state index in [-0.39, 0.29) is 21.6 Å². The maximum atomic E-state index is 12.4. The van der Waals surface area contributed by atoms with E-state index in [0.29, 0.717) is 6.54 Å². The van der Waals surface area contributed by atoms with Crippen LogP contribution >= 0.6 is 11.6 Å². The van der Waals surface area contributed by atoms with Gasteiger partial charge in [-0.05, 0) is 26.2 Å². The molecule has 1 aromatic carbocycles. The minimum absolute atomic E-state index is 0.0431. The molecule has 8 heteroatoms. The molecule has 0 amide bonds. The molecule has 0 bridgehead atoms. The summed E-state index contributed by atoms with van der Waals surface area (Å²) >= 11 is 5.97. The van der Waals surface area contributed by atoms with Gasteiger partial charge in [0.2, 0.25) is 10.0 Å². The zero-order valence-electron chi connectivity index (χ0n) is 12.2. The van der Waals surface area contributed by atoms with Gasteiger partial charge in [-0.15, -0.1) is 0 Å². The lowest BCUT2D eigenvalue weighted by atomic mass is 10.2. The lowest BCUT2D eigenvalue weighted by molar-refractivity contribution is 0.117. The Balaban J connectivity index is 2.11. The number of anilines is 1. The fourth-order valence-corrected chi connectivity index (χ4v) is 4.15. The van der Waals surface area contributed by atoms with Gasteiger partial charge in [-0.25, -0.2) is 13.1 Å². The van der Waals surface area contributed by atoms with Gasteiger partial charge >= 0.3 is 0 Å². The number of sulfonamides is 1. The Hall–Kier alpha value is -0.860. The maximum absolute atomic E-state index is 12.4. The summed E-state index contributed by atoms with van der Waals surface area (Å²) in [7, 11) is 0.310. The summed E-state index contributed by atoms with van der Waals surface area (Å²) in [6.45, 7) is 3.04. The first-order valence-corrected chi connectivity index (χ1v) is 8.60. The minimum Gasteiger partial charge on any atom is -0.398 e. The van der Waals surface area contributed by atoms with Gasteiger partial charge in [0.25, 0.3) is 0 Å². The van der Waals surface area contributed by atoms with Gasteiger partial charge in [-0.3, -0.25) is 4.90 Å². The molecular weight excluding hydrogens is 312 g/mol. The topological polar surface area (TPSA) is 78.7 Å². The SMILES string of the molecule is CN1CCN(C)C(CNS(=O)(=O)c2c(N)cccc2Cl)C1. The molecule has 0 aromatic heterocycles. The predicted octanol–water partition coefficient (Wildman–Crippen LogP) is 0.446. The quantitative estimate of drug-likeness (QED) is 0.783. The zero-order chi connectivity index (χ0) is 15.6. The van der Waals surface area contributed by atoms with Crippen molar-refractivity contribution in [1.29, 1.82) is 0 Å². The molecule has 2 rings (SSSR count). The molecule has 0 radical (unpaired) electrons. The van der Waals surface area contributed by atoms with E-state index in [1.165, 1.54) is 12.1 Å². The van der Waals surface area contributed by atoms with Crippen molar-refractivity contribution in [2.75, 3.05) is 46.0 Å². The first-order chi connectivity index (χ1) is 9.81. The van der Waals surface area contributed by atoms with E-state index in [4.69, 9.17) is 17.3 Å². The molecule has 1 saturated heterocycles. The molecule has 21 heavy (non-hydrogen) atoms. The number of likely N-dealkylation sites (N-methyl/N-ethyl adjacent to an activating group) is 2. The van der Waals surface area contributed by atoms with Crippen molar-refractivity contribution in [3.8, 4) is 0 Å². The largest absolute Gasteiger partial charge is 0.398 e. The number of halogens is 1. The second kappa shape index (κ2) is 6.50. The molecule has 0 spiro atoms. The van der Waals surface area contributed by atoms with Gasteiger partial charge in [0.05, 0.1) is 10.7 Å². The molecule has 3 N–H and O–H groups in total. The third kappa shape index (κ3) is 3.87. The van der Waals surface area contributed by atoms with Crippen LogP contribution in [0.15, 0.2) is 23.1 Å². The molecule has 1 fully saturated rings. The van der Waals surface area contributed by atoms with Crippen LogP contribution in [0, 0.1) is 0 Å². The van der Waals surface area contributed by atoms with Crippen molar-refractivity contribution >= 4 is 27.3 Å². The molecule has 118 valence electrons. The molecule has 1 heterocycles. The highest BCUT2D eigenvalue weighted by Crippen LogP contribution is 2.26. The monoisotopic (exact) mass is 332 g/mol. The van der Waals surface area contributed by atoms with E-state index >= 15 is 0 Å². The summed E-state index contributed by atoms with van der Waals surface area (Å²) in [5.41, 5.74) is 5.90. The summed E-state index contributed by atoms with van der Waals surface area (Å²) in [6, 6.07) is 4.80. The van der Waals surface area contributed by atoms with Gasteiger partial charge in [-0.1, -0.05) is 17.7 Å². The molecule has 0 aliphatic carbocycles. The number of nitrogens with two attached hydrogens (primary N) is 1. The third-order valence-electron chi connectivity index (χ3n) is 3.76. The molecule has 1 aliphatic heterocycles. The highest BCUT2D eigenvalue weighted by molar-refractivity contribution is 7.89. The van der Waals surface area contributed by atoms with Crippen LogP contribution in [0.25, 0.3) is 0 Å². The van der Waals surface area contributed by atoms with Crippen LogP contribution < -0.4 is 10.5 Å². The lowest BCUT2D eigenvalue weighted by Gasteiger charge is -2.37. The number of rotatable bonds is 4. The second-order valence-electron chi connectivity index (χ2n) is 5.41. The van der Waals surface area contributed by atoms with E-state index in [1.807, 2.05) is 14.1 Å². The molecule has 1 aliphatic rings. The lowest BCUT2D eigenvalue weighted by Crippen LogP contribution is -2.54. The Kier molecular flexibility index (Phi) is 5.11. The van der Waals surface area contributed by atoms with Crippen molar-refractivity contribution in [2.24, 2.45) is 0 Å². The van der Waals surface area contributed by atoms with Crippen molar-refractivity contribution in [2.45, 2.75) is 10.9 Å². The number of hydrogen-bond acceptors (Lipinski definition) is 5. The fraction of sp³-hybridized carbons (Fsp3) is 0.538. The molecule has 1 aromatic rings. The van der Waals surface area contributed by atoms with E-state index in [0.717, 1.165) is 19.6 Å². The first kappa shape index (κ1) is 16.5. The summed E-state index contributed by atoms with van der Waals surface area (Å²) in [4.78, 5) is 4.29. The van der Waals surface area contributed by atoms with E-state index in [2.05, 4.69) is 14.5 Å². The maximum Gasteiger partial charge on any atom is 0.244 e. The van der Waals surface area contributed by atoms with E-state index < -0.39 is 10.0 Å². The number of piperazine rings is 1. The van der Waals surface area contributed by atoms with Crippen LogP contribution in [0.5, 0.6) is 0 Å². The number of nitrogens with one attached hydrogen (secondary N) is 1. The Morgan fingerprint density at radius 2 is 2.10 bits per heavy atom. The standard InChI is InChI=1S/C13H21ClN4O2S/c1-17-6-7-18(2)10(9-17)8-16-21(19,20)13-11(14)4-3-5-12(13)15/h3-5,10,16H,6-9,15H2,1-2H3.